The average Bonchev–Trinajstić information content (AvgIpc) is 2.95. The van der Waals surface area contributed by atoms with Crippen LogP contribution in [0.2, 0.25) is 0 Å². The molecule has 116 valence electrons. The standard InChI is InChI=1S/C18H15NO2S2/c1-22-18-19-15(17(20)23-18)11-14-9-5-6-10-16(14)21-12-13-7-3-2-4-8-13/h2-11H,12H2,1H3/b15-11+. The molecule has 0 unspecified atom stereocenters. The van der Waals surface area contributed by atoms with E-state index in [1.54, 1.807) is 6.08 Å². The van der Waals surface area contributed by atoms with Gasteiger partial charge in [0.15, 0.2) is 0 Å². The fraction of sp³-hybridized carbons (Fsp3) is 0.111. The van der Waals surface area contributed by atoms with Crippen molar-refractivity contribution in [2.24, 2.45) is 4.99 Å². The molecule has 0 spiro atoms. The van der Waals surface area contributed by atoms with Crippen LogP contribution in [-0.2, 0) is 11.4 Å². The highest BCUT2D eigenvalue weighted by atomic mass is 32.2. The molecule has 3 rings (SSSR count). The maximum atomic E-state index is 12.0. The minimum absolute atomic E-state index is 0.0211. The van der Waals surface area contributed by atoms with Crippen LogP contribution in [0, 0.1) is 0 Å². The summed E-state index contributed by atoms with van der Waals surface area (Å²) in [6, 6.07) is 17.7. The maximum absolute atomic E-state index is 12.0. The van der Waals surface area contributed by atoms with Crippen LogP contribution >= 0.6 is 23.5 Å². The van der Waals surface area contributed by atoms with Gasteiger partial charge in [-0.1, -0.05) is 48.5 Å². The zero-order chi connectivity index (χ0) is 16.1. The molecule has 2 aromatic carbocycles. The number of hydrogen-bond donors (Lipinski definition) is 0. The molecule has 1 heterocycles. The summed E-state index contributed by atoms with van der Waals surface area (Å²) in [5.74, 6) is 0.745. The Kier molecular flexibility index (Phi) is 5.20. The van der Waals surface area contributed by atoms with Crippen LogP contribution in [0.25, 0.3) is 6.08 Å². The summed E-state index contributed by atoms with van der Waals surface area (Å²) >= 11 is 2.66. The fourth-order valence-corrected chi connectivity index (χ4v) is 3.35. The van der Waals surface area contributed by atoms with Gasteiger partial charge >= 0.3 is 0 Å². The van der Waals surface area contributed by atoms with Gasteiger partial charge in [0.1, 0.15) is 22.4 Å². The van der Waals surface area contributed by atoms with Crippen LogP contribution in [0.4, 0.5) is 0 Å². The second-order valence-electron chi connectivity index (χ2n) is 4.81. The van der Waals surface area contributed by atoms with E-state index >= 15 is 0 Å². The number of ether oxygens (including phenoxy) is 1. The van der Waals surface area contributed by atoms with Crippen LogP contribution in [0.1, 0.15) is 11.1 Å². The molecule has 0 saturated heterocycles. The number of carbonyl (C=O) groups excluding carboxylic acids is 1. The lowest BCUT2D eigenvalue weighted by Crippen LogP contribution is -1.97. The summed E-state index contributed by atoms with van der Waals surface area (Å²) in [5, 5.41) is -0.0211. The third-order valence-electron chi connectivity index (χ3n) is 3.22. The smallest absolute Gasteiger partial charge is 0.244 e. The molecular weight excluding hydrogens is 326 g/mol. The summed E-state index contributed by atoms with van der Waals surface area (Å²) in [6.45, 7) is 0.489. The van der Waals surface area contributed by atoms with E-state index in [1.165, 1.54) is 23.5 Å². The van der Waals surface area contributed by atoms with Crippen molar-refractivity contribution < 1.29 is 9.53 Å². The van der Waals surface area contributed by atoms with E-state index in [9.17, 15) is 4.79 Å². The van der Waals surface area contributed by atoms with Crippen molar-refractivity contribution in [3.05, 3.63) is 71.4 Å². The number of carbonyl (C=O) groups is 1. The van der Waals surface area contributed by atoms with Crippen LogP contribution in [0.5, 0.6) is 5.75 Å². The normalized spacial score (nSPS) is 15.8. The van der Waals surface area contributed by atoms with Crippen molar-refractivity contribution in [2.75, 3.05) is 6.26 Å². The maximum Gasteiger partial charge on any atom is 0.244 e. The van der Waals surface area contributed by atoms with E-state index in [0.29, 0.717) is 12.3 Å². The topological polar surface area (TPSA) is 38.7 Å². The van der Waals surface area contributed by atoms with Gasteiger partial charge < -0.3 is 4.74 Å². The number of hydrogen-bond acceptors (Lipinski definition) is 5. The summed E-state index contributed by atoms with van der Waals surface area (Å²) in [6.07, 6.45) is 3.71. The van der Waals surface area contributed by atoms with E-state index in [2.05, 4.69) is 4.99 Å². The number of benzene rings is 2. The molecule has 0 saturated carbocycles. The van der Waals surface area contributed by atoms with Gasteiger partial charge in [-0.25, -0.2) is 4.99 Å². The molecule has 0 amide bonds. The molecule has 5 heteroatoms. The summed E-state index contributed by atoms with van der Waals surface area (Å²) in [5.41, 5.74) is 2.43. The molecule has 0 N–H and O–H groups in total. The molecule has 1 aliphatic rings. The van der Waals surface area contributed by atoms with E-state index in [-0.39, 0.29) is 5.12 Å². The Labute approximate surface area is 143 Å². The first kappa shape index (κ1) is 15.9. The number of para-hydroxylation sites is 1. The quantitative estimate of drug-likeness (QED) is 0.762. The number of nitrogens with zero attached hydrogens (tertiary/aromatic N) is 1. The van der Waals surface area contributed by atoms with E-state index in [4.69, 9.17) is 4.74 Å². The van der Waals surface area contributed by atoms with Crippen LogP contribution in [-0.4, -0.2) is 15.7 Å². The number of thioether (sulfide) groups is 2. The van der Waals surface area contributed by atoms with Crippen molar-refractivity contribution in [3.63, 3.8) is 0 Å². The first-order chi connectivity index (χ1) is 11.3. The molecule has 0 aromatic heterocycles. The minimum atomic E-state index is -0.0211. The Bertz CT molecular complexity index is 770. The largest absolute Gasteiger partial charge is 0.488 e. The SMILES string of the molecule is CSC1=N/C(=C/c2ccccc2OCc2ccccc2)C(=O)S1. The fourth-order valence-electron chi connectivity index (χ4n) is 2.09. The molecular formula is C18H15NO2S2. The van der Waals surface area contributed by atoms with Gasteiger partial charge in [-0.2, -0.15) is 0 Å². The van der Waals surface area contributed by atoms with Crippen molar-refractivity contribution in [1.82, 2.24) is 0 Å². The average molecular weight is 341 g/mol. The number of aliphatic imine (C=N–C) groups is 1. The molecule has 0 aliphatic carbocycles. The minimum Gasteiger partial charge on any atom is -0.488 e. The molecule has 3 nitrogen and oxygen atoms in total. The van der Waals surface area contributed by atoms with Gasteiger partial charge in [0.2, 0.25) is 5.12 Å². The zero-order valence-corrected chi connectivity index (χ0v) is 14.2. The molecule has 0 bridgehead atoms. The van der Waals surface area contributed by atoms with Gasteiger partial charge in [-0.05, 0) is 35.7 Å². The van der Waals surface area contributed by atoms with E-state index in [0.717, 1.165) is 21.3 Å². The van der Waals surface area contributed by atoms with E-state index < -0.39 is 0 Å². The predicted molar refractivity (Wildman–Crippen MR) is 98.7 cm³/mol. The van der Waals surface area contributed by atoms with Gasteiger partial charge in [-0.3, -0.25) is 4.79 Å². The Morgan fingerprint density at radius 2 is 1.87 bits per heavy atom. The first-order valence-corrected chi connectivity index (χ1v) is 9.12. The van der Waals surface area contributed by atoms with Crippen molar-refractivity contribution in [1.29, 1.82) is 0 Å². The summed E-state index contributed by atoms with van der Waals surface area (Å²) < 4.78 is 6.69. The van der Waals surface area contributed by atoms with Crippen LogP contribution in [0.3, 0.4) is 0 Å². The third kappa shape index (κ3) is 4.06. The molecule has 0 radical (unpaired) electrons. The zero-order valence-electron chi connectivity index (χ0n) is 12.6. The highest BCUT2D eigenvalue weighted by Crippen LogP contribution is 2.31. The summed E-state index contributed by atoms with van der Waals surface area (Å²) in [4.78, 5) is 16.3. The van der Waals surface area contributed by atoms with Gasteiger partial charge in [0.05, 0.1) is 0 Å². The van der Waals surface area contributed by atoms with Crippen LogP contribution in [0.15, 0.2) is 65.3 Å². The van der Waals surface area contributed by atoms with Crippen molar-refractivity contribution in [2.45, 2.75) is 6.61 Å². The van der Waals surface area contributed by atoms with Gasteiger partial charge in [-0.15, -0.1) is 11.8 Å². The van der Waals surface area contributed by atoms with Gasteiger partial charge in [0, 0.05) is 5.56 Å². The Hall–Kier alpha value is -1.98. The summed E-state index contributed by atoms with van der Waals surface area (Å²) in [7, 11) is 0. The monoisotopic (exact) mass is 341 g/mol. The third-order valence-corrected chi connectivity index (χ3v) is 5.07. The van der Waals surface area contributed by atoms with Crippen LogP contribution < -0.4 is 4.74 Å². The predicted octanol–water partition coefficient (Wildman–Crippen LogP) is 4.60. The lowest BCUT2D eigenvalue weighted by molar-refractivity contribution is -0.107. The number of rotatable bonds is 4. The lowest BCUT2D eigenvalue weighted by atomic mass is 10.1. The van der Waals surface area contributed by atoms with Crippen molar-refractivity contribution >= 4 is 39.1 Å². The Balaban J connectivity index is 1.81. The lowest BCUT2D eigenvalue weighted by Gasteiger charge is -2.09. The Morgan fingerprint density at radius 1 is 1.13 bits per heavy atom. The highest BCUT2D eigenvalue weighted by molar-refractivity contribution is 8.45. The van der Waals surface area contributed by atoms with E-state index in [1.807, 2.05) is 60.9 Å². The Morgan fingerprint density at radius 3 is 2.61 bits per heavy atom. The molecule has 0 atom stereocenters. The first-order valence-electron chi connectivity index (χ1n) is 7.08. The van der Waals surface area contributed by atoms with Crippen molar-refractivity contribution in [3.8, 4) is 5.75 Å². The molecule has 2 aromatic rings. The molecule has 23 heavy (non-hydrogen) atoms. The molecule has 0 fully saturated rings. The second-order valence-corrected chi connectivity index (χ2v) is 6.83. The molecule has 1 aliphatic heterocycles. The highest BCUT2D eigenvalue weighted by Gasteiger charge is 2.21. The van der Waals surface area contributed by atoms with Gasteiger partial charge in [0.25, 0.3) is 0 Å². The second kappa shape index (κ2) is 7.53.